The zero-order valence-corrected chi connectivity index (χ0v) is 14.5. The van der Waals surface area contributed by atoms with Gasteiger partial charge >= 0.3 is 0 Å². The maximum absolute atomic E-state index is 12.0. The minimum atomic E-state index is -0.0409. The number of ether oxygens (including phenoxy) is 1. The summed E-state index contributed by atoms with van der Waals surface area (Å²) in [6.07, 6.45) is 0. The Hall–Kier alpha value is -1.59. The molecule has 0 atom stereocenters. The third-order valence-electron chi connectivity index (χ3n) is 4.28. The number of hydrogen-bond acceptors (Lipinski definition) is 4. The molecule has 1 aliphatic heterocycles. The zero-order valence-electron chi connectivity index (χ0n) is 14.5. The van der Waals surface area contributed by atoms with Gasteiger partial charge in [0.1, 0.15) is 0 Å². The molecule has 1 saturated heterocycles. The van der Waals surface area contributed by atoms with E-state index in [9.17, 15) is 4.79 Å². The van der Waals surface area contributed by atoms with Crippen molar-refractivity contribution in [3.63, 3.8) is 0 Å². The summed E-state index contributed by atoms with van der Waals surface area (Å²) in [6, 6.07) is 8.51. The second kappa shape index (κ2) is 8.89. The lowest BCUT2D eigenvalue weighted by molar-refractivity contribution is 0.0922. The maximum Gasteiger partial charge on any atom is 0.251 e. The normalized spacial score (nSPS) is 15.9. The molecule has 128 valence electrons. The average molecular weight is 319 g/mol. The highest BCUT2D eigenvalue weighted by molar-refractivity contribution is 5.94. The molecule has 1 heterocycles. The van der Waals surface area contributed by atoms with Crippen LogP contribution in [0.5, 0.6) is 0 Å². The van der Waals surface area contributed by atoms with Gasteiger partial charge in [-0.1, -0.05) is 0 Å². The quantitative estimate of drug-likeness (QED) is 0.781. The molecule has 0 spiro atoms. The van der Waals surface area contributed by atoms with Crippen LogP contribution >= 0.6 is 0 Å². The summed E-state index contributed by atoms with van der Waals surface area (Å²) in [5, 5.41) is 2.87. The number of rotatable bonds is 7. The third-order valence-corrected chi connectivity index (χ3v) is 4.28. The van der Waals surface area contributed by atoms with Gasteiger partial charge in [-0.05, 0) is 45.0 Å². The van der Waals surface area contributed by atoms with E-state index in [1.54, 1.807) is 0 Å². The van der Waals surface area contributed by atoms with Crippen LogP contribution in [0.15, 0.2) is 24.3 Å². The van der Waals surface area contributed by atoms with E-state index >= 15 is 0 Å². The van der Waals surface area contributed by atoms with Gasteiger partial charge in [-0.2, -0.15) is 0 Å². The van der Waals surface area contributed by atoms with Gasteiger partial charge in [0.25, 0.3) is 5.91 Å². The van der Waals surface area contributed by atoms with E-state index in [1.165, 1.54) is 5.69 Å². The first-order valence-corrected chi connectivity index (χ1v) is 8.56. The van der Waals surface area contributed by atoms with Gasteiger partial charge in [0.05, 0.1) is 6.61 Å². The van der Waals surface area contributed by atoms with Crippen LogP contribution in [0.3, 0.4) is 0 Å². The van der Waals surface area contributed by atoms with E-state index in [1.807, 2.05) is 31.2 Å². The van der Waals surface area contributed by atoms with E-state index in [-0.39, 0.29) is 5.91 Å². The van der Waals surface area contributed by atoms with E-state index in [0.29, 0.717) is 31.4 Å². The summed E-state index contributed by atoms with van der Waals surface area (Å²) in [5.41, 5.74) is 1.89. The Morgan fingerprint density at radius 2 is 1.83 bits per heavy atom. The molecule has 2 rings (SSSR count). The Balaban J connectivity index is 1.84. The van der Waals surface area contributed by atoms with Crippen LogP contribution in [0, 0.1) is 0 Å². The fourth-order valence-corrected chi connectivity index (χ4v) is 2.80. The average Bonchev–Trinajstić information content (AvgIpc) is 2.59. The van der Waals surface area contributed by atoms with E-state index < -0.39 is 0 Å². The molecule has 1 amide bonds. The van der Waals surface area contributed by atoms with Crippen molar-refractivity contribution >= 4 is 11.6 Å². The fraction of sp³-hybridized carbons (Fsp3) is 0.611. The maximum atomic E-state index is 12.0. The topological polar surface area (TPSA) is 44.8 Å². The smallest absolute Gasteiger partial charge is 0.251 e. The van der Waals surface area contributed by atoms with E-state index in [0.717, 1.165) is 26.2 Å². The minimum absolute atomic E-state index is 0.0409. The molecular weight excluding hydrogens is 290 g/mol. The molecule has 0 aromatic heterocycles. The highest BCUT2D eigenvalue weighted by Gasteiger charge is 2.19. The molecule has 0 saturated carbocycles. The summed E-state index contributed by atoms with van der Waals surface area (Å²) in [4.78, 5) is 16.9. The highest BCUT2D eigenvalue weighted by Crippen LogP contribution is 2.18. The molecule has 0 aliphatic carbocycles. The van der Waals surface area contributed by atoms with Crippen molar-refractivity contribution in [1.82, 2.24) is 10.2 Å². The van der Waals surface area contributed by atoms with Crippen molar-refractivity contribution in [2.24, 2.45) is 0 Å². The largest absolute Gasteiger partial charge is 0.380 e. The van der Waals surface area contributed by atoms with E-state index in [4.69, 9.17) is 4.74 Å². The van der Waals surface area contributed by atoms with Crippen LogP contribution in [0.25, 0.3) is 0 Å². The summed E-state index contributed by atoms with van der Waals surface area (Å²) in [5.74, 6) is -0.0409. The number of piperazine rings is 1. The molecule has 23 heavy (non-hydrogen) atoms. The monoisotopic (exact) mass is 319 g/mol. The predicted molar refractivity (Wildman–Crippen MR) is 94.2 cm³/mol. The number of anilines is 1. The zero-order chi connectivity index (χ0) is 16.7. The Morgan fingerprint density at radius 3 is 2.39 bits per heavy atom. The van der Waals surface area contributed by atoms with Gasteiger partial charge in [0.15, 0.2) is 0 Å². The molecule has 1 fully saturated rings. The van der Waals surface area contributed by atoms with Crippen LogP contribution < -0.4 is 10.2 Å². The van der Waals surface area contributed by atoms with Crippen LogP contribution in [-0.4, -0.2) is 62.8 Å². The number of nitrogens with one attached hydrogen (secondary N) is 1. The Kier molecular flexibility index (Phi) is 6.86. The van der Waals surface area contributed by atoms with Crippen molar-refractivity contribution in [3.05, 3.63) is 29.8 Å². The lowest BCUT2D eigenvalue weighted by atomic mass is 10.1. The number of benzene rings is 1. The Labute approximate surface area is 139 Å². The SMILES string of the molecule is CCOCCNC(=O)c1ccc(N2CCN(C(C)C)CC2)cc1. The molecule has 1 aliphatic rings. The van der Waals surface area contributed by atoms with Crippen LogP contribution in [-0.2, 0) is 4.74 Å². The van der Waals surface area contributed by atoms with Crippen molar-refractivity contribution in [3.8, 4) is 0 Å². The predicted octanol–water partition coefficient (Wildman–Crippen LogP) is 1.98. The first kappa shape index (κ1) is 17.8. The summed E-state index contributed by atoms with van der Waals surface area (Å²) in [6.45, 7) is 12.5. The summed E-state index contributed by atoms with van der Waals surface area (Å²) < 4.78 is 5.22. The lowest BCUT2D eigenvalue weighted by Crippen LogP contribution is -2.48. The molecule has 1 aromatic carbocycles. The summed E-state index contributed by atoms with van der Waals surface area (Å²) >= 11 is 0. The number of amides is 1. The van der Waals surface area contributed by atoms with Crippen LogP contribution in [0.4, 0.5) is 5.69 Å². The Bertz CT molecular complexity index is 480. The minimum Gasteiger partial charge on any atom is -0.380 e. The number of carbonyl (C=O) groups is 1. The first-order chi connectivity index (χ1) is 11.1. The van der Waals surface area contributed by atoms with Gasteiger partial charge in [-0.25, -0.2) is 0 Å². The summed E-state index contributed by atoms with van der Waals surface area (Å²) in [7, 11) is 0. The molecule has 1 N–H and O–H groups in total. The van der Waals surface area contributed by atoms with E-state index in [2.05, 4.69) is 29.0 Å². The molecule has 1 aromatic rings. The van der Waals surface area contributed by atoms with Gasteiger partial charge in [0.2, 0.25) is 0 Å². The second-order valence-corrected chi connectivity index (χ2v) is 6.12. The first-order valence-electron chi connectivity index (χ1n) is 8.56. The number of nitrogens with zero attached hydrogens (tertiary/aromatic N) is 2. The van der Waals surface area contributed by atoms with Crippen molar-refractivity contribution in [2.75, 3.05) is 50.8 Å². The number of carbonyl (C=O) groups excluding carboxylic acids is 1. The van der Waals surface area contributed by atoms with Gasteiger partial charge in [-0.15, -0.1) is 0 Å². The standard InChI is InChI=1S/C18H29N3O2/c1-4-23-14-9-19-18(22)16-5-7-17(8-6-16)21-12-10-20(11-13-21)15(2)3/h5-8,15H,4,9-14H2,1-3H3,(H,19,22). The van der Waals surface area contributed by atoms with Gasteiger partial charge < -0.3 is 15.0 Å². The van der Waals surface area contributed by atoms with Gasteiger partial charge in [0, 0.05) is 56.6 Å². The second-order valence-electron chi connectivity index (χ2n) is 6.12. The van der Waals surface area contributed by atoms with Crippen molar-refractivity contribution < 1.29 is 9.53 Å². The lowest BCUT2D eigenvalue weighted by Gasteiger charge is -2.38. The number of hydrogen-bond donors (Lipinski definition) is 1. The fourth-order valence-electron chi connectivity index (χ4n) is 2.80. The van der Waals surface area contributed by atoms with Crippen LogP contribution in [0.1, 0.15) is 31.1 Å². The van der Waals surface area contributed by atoms with Crippen molar-refractivity contribution in [2.45, 2.75) is 26.8 Å². The molecule has 0 unspecified atom stereocenters. The molecule has 5 heteroatoms. The molecule has 0 bridgehead atoms. The van der Waals surface area contributed by atoms with Gasteiger partial charge in [-0.3, -0.25) is 9.69 Å². The molecule has 5 nitrogen and oxygen atoms in total. The molecule has 0 radical (unpaired) electrons. The van der Waals surface area contributed by atoms with Crippen LogP contribution in [0.2, 0.25) is 0 Å². The Morgan fingerprint density at radius 1 is 1.17 bits per heavy atom. The van der Waals surface area contributed by atoms with Crippen molar-refractivity contribution in [1.29, 1.82) is 0 Å². The molecular formula is C18H29N3O2. The third kappa shape index (κ3) is 5.22. The highest BCUT2D eigenvalue weighted by atomic mass is 16.5.